The van der Waals surface area contributed by atoms with Crippen molar-refractivity contribution in [1.82, 2.24) is 0 Å². The molecular formula is C16H33NO3S. The van der Waals surface area contributed by atoms with Gasteiger partial charge in [-0.25, -0.2) is 0 Å². The highest BCUT2D eigenvalue weighted by Gasteiger charge is 2.23. The number of ketones is 1. The van der Waals surface area contributed by atoms with Gasteiger partial charge in [-0.1, -0.05) is 20.8 Å². The highest BCUT2D eigenvalue weighted by Crippen LogP contribution is 2.29. The summed E-state index contributed by atoms with van der Waals surface area (Å²) in [6.07, 6.45) is 2.54. The second-order valence-electron chi connectivity index (χ2n) is 6.48. The number of nitrogens with two attached hydrogens (primary N) is 1. The Labute approximate surface area is 134 Å². The molecule has 0 aliphatic heterocycles. The Balaban J connectivity index is 3.67. The summed E-state index contributed by atoms with van der Waals surface area (Å²) in [5, 5.41) is 0. The highest BCUT2D eigenvalue weighted by atomic mass is 32.2. The second kappa shape index (κ2) is 10.6. The molecule has 0 aliphatic rings. The molecule has 0 fully saturated rings. The highest BCUT2D eigenvalue weighted by molar-refractivity contribution is 8.00. The zero-order valence-corrected chi connectivity index (χ0v) is 15.2. The first kappa shape index (κ1) is 20.9. The van der Waals surface area contributed by atoms with Gasteiger partial charge in [0.15, 0.2) is 5.78 Å². The minimum Gasteiger partial charge on any atom is -0.379 e. The third kappa shape index (κ3) is 12.2. The zero-order chi connectivity index (χ0) is 16.4. The summed E-state index contributed by atoms with van der Waals surface area (Å²) >= 11 is 1.81. The number of Topliss-reactive ketones (excluding diaryl/α,β-unsaturated/α-hetero) is 1. The molecular weight excluding hydrogens is 286 g/mol. The van der Waals surface area contributed by atoms with Gasteiger partial charge >= 0.3 is 0 Å². The summed E-state index contributed by atoms with van der Waals surface area (Å²) in [6.45, 7) is 12.8. The molecule has 0 saturated carbocycles. The van der Waals surface area contributed by atoms with Crippen molar-refractivity contribution < 1.29 is 14.3 Å². The van der Waals surface area contributed by atoms with Crippen LogP contribution >= 0.6 is 11.8 Å². The van der Waals surface area contributed by atoms with Gasteiger partial charge in [0, 0.05) is 30.1 Å². The van der Waals surface area contributed by atoms with Crippen molar-refractivity contribution in [3.8, 4) is 0 Å². The van der Waals surface area contributed by atoms with Crippen LogP contribution in [0.25, 0.3) is 0 Å². The van der Waals surface area contributed by atoms with Crippen molar-refractivity contribution in [3.63, 3.8) is 0 Å². The summed E-state index contributed by atoms with van der Waals surface area (Å²) in [5.41, 5.74) is 5.07. The fraction of sp³-hybridized carbons (Fsp3) is 0.938. The Morgan fingerprint density at radius 1 is 1.05 bits per heavy atom. The van der Waals surface area contributed by atoms with Gasteiger partial charge in [0.05, 0.1) is 18.8 Å². The average Bonchev–Trinajstić information content (AvgIpc) is 2.36. The van der Waals surface area contributed by atoms with Crippen molar-refractivity contribution >= 4 is 17.5 Å². The molecule has 126 valence electrons. The van der Waals surface area contributed by atoms with E-state index < -0.39 is 5.54 Å². The summed E-state index contributed by atoms with van der Waals surface area (Å²) in [6, 6.07) is 0. The predicted octanol–water partition coefficient (Wildman–Crippen LogP) is 3.03. The van der Waals surface area contributed by atoms with E-state index in [1.54, 1.807) is 13.8 Å². The van der Waals surface area contributed by atoms with Crippen molar-refractivity contribution in [2.45, 2.75) is 64.2 Å². The van der Waals surface area contributed by atoms with Crippen LogP contribution in [0.1, 0.15) is 53.9 Å². The molecule has 0 heterocycles. The maximum atomic E-state index is 11.8. The Morgan fingerprint density at radius 2 is 1.62 bits per heavy atom. The van der Waals surface area contributed by atoms with Crippen LogP contribution in [-0.2, 0) is 14.3 Å². The van der Waals surface area contributed by atoms with E-state index in [0.717, 1.165) is 31.8 Å². The van der Waals surface area contributed by atoms with Gasteiger partial charge in [-0.05, 0) is 26.7 Å². The number of carbonyl (C=O) groups excluding carboxylic acids is 1. The van der Waals surface area contributed by atoms with Gasteiger partial charge in [0.1, 0.15) is 0 Å². The Hall–Kier alpha value is -0.100. The normalized spacial score (nSPS) is 12.7. The third-order valence-electron chi connectivity index (χ3n) is 3.11. The fourth-order valence-electron chi connectivity index (χ4n) is 1.60. The Bertz CT molecular complexity index is 288. The molecule has 0 atom stereocenters. The van der Waals surface area contributed by atoms with Crippen LogP contribution in [0.15, 0.2) is 0 Å². The minimum atomic E-state index is -0.716. The third-order valence-corrected chi connectivity index (χ3v) is 4.50. The molecule has 0 rings (SSSR count). The molecule has 21 heavy (non-hydrogen) atoms. The first-order chi connectivity index (χ1) is 9.69. The van der Waals surface area contributed by atoms with Crippen molar-refractivity contribution in [2.75, 3.05) is 32.2 Å². The molecule has 0 aliphatic carbocycles. The number of hydrogen-bond donors (Lipinski definition) is 1. The standard InChI is InChI=1S/C16H33NO3S/c1-6-9-19-11-12-20-10-8-15(2,3)21-13-7-14(18)16(4,5)17/h6-13,17H2,1-5H3. The van der Waals surface area contributed by atoms with E-state index in [4.69, 9.17) is 15.2 Å². The van der Waals surface area contributed by atoms with E-state index in [-0.39, 0.29) is 10.5 Å². The van der Waals surface area contributed by atoms with Gasteiger partial charge in [0.2, 0.25) is 0 Å². The van der Waals surface area contributed by atoms with Gasteiger partial charge in [-0.15, -0.1) is 0 Å². The first-order valence-corrected chi connectivity index (χ1v) is 8.79. The summed E-state index contributed by atoms with van der Waals surface area (Å²) in [7, 11) is 0. The molecule has 0 aromatic carbocycles. The van der Waals surface area contributed by atoms with E-state index in [1.807, 2.05) is 11.8 Å². The van der Waals surface area contributed by atoms with Gasteiger partial charge in [-0.2, -0.15) is 11.8 Å². The van der Waals surface area contributed by atoms with Crippen LogP contribution in [0.5, 0.6) is 0 Å². The van der Waals surface area contributed by atoms with Crippen molar-refractivity contribution in [3.05, 3.63) is 0 Å². The molecule has 0 amide bonds. The zero-order valence-electron chi connectivity index (χ0n) is 14.4. The summed E-state index contributed by atoms with van der Waals surface area (Å²) in [5.74, 6) is 0.932. The Morgan fingerprint density at radius 3 is 2.14 bits per heavy atom. The number of carbonyl (C=O) groups is 1. The first-order valence-electron chi connectivity index (χ1n) is 7.80. The van der Waals surface area contributed by atoms with E-state index in [2.05, 4.69) is 20.8 Å². The number of rotatable bonds is 13. The molecule has 0 spiro atoms. The maximum Gasteiger partial charge on any atom is 0.152 e. The number of hydrogen-bond acceptors (Lipinski definition) is 5. The fourth-order valence-corrected chi connectivity index (χ4v) is 2.67. The van der Waals surface area contributed by atoms with Crippen LogP contribution in [0.2, 0.25) is 0 Å². The number of thioether (sulfide) groups is 1. The largest absolute Gasteiger partial charge is 0.379 e. The van der Waals surface area contributed by atoms with Crippen molar-refractivity contribution in [1.29, 1.82) is 0 Å². The predicted molar refractivity (Wildman–Crippen MR) is 91.0 cm³/mol. The molecule has 2 N–H and O–H groups in total. The molecule has 4 nitrogen and oxygen atoms in total. The lowest BCUT2D eigenvalue weighted by Gasteiger charge is -2.24. The number of ether oxygens (including phenoxy) is 2. The summed E-state index contributed by atoms with van der Waals surface area (Å²) < 4.78 is 11.0. The molecule has 0 saturated heterocycles. The SMILES string of the molecule is CCCOCCOCCC(C)(C)SCCC(=O)C(C)(C)N. The van der Waals surface area contributed by atoms with Crippen LogP contribution in [0, 0.1) is 0 Å². The van der Waals surface area contributed by atoms with Crippen molar-refractivity contribution in [2.24, 2.45) is 5.73 Å². The lowest BCUT2D eigenvalue weighted by molar-refractivity contribution is -0.122. The van der Waals surface area contributed by atoms with E-state index in [1.165, 1.54) is 0 Å². The maximum absolute atomic E-state index is 11.8. The van der Waals surface area contributed by atoms with E-state index in [0.29, 0.717) is 19.6 Å². The smallest absolute Gasteiger partial charge is 0.152 e. The Kier molecular flexibility index (Phi) is 10.5. The molecule has 0 bridgehead atoms. The van der Waals surface area contributed by atoms with E-state index in [9.17, 15) is 4.79 Å². The molecule has 0 aromatic heterocycles. The van der Waals surface area contributed by atoms with Crippen LogP contribution in [-0.4, -0.2) is 48.2 Å². The van der Waals surface area contributed by atoms with Gasteiger partial charge in [0.25, 0.3) is 0 Å². The molecule has 0 radical (unpaired) electrons. The molecule has 0 unspecified atom stereocenters. The van der Waals surface area contributed by atoms with Gasteiger partial charge in [-0.3, -0.25) is 4.79 Å². The van der Waals surface area contributed by atoms with Gasteiger partial charge < -0.3 is 15.2 Å². The lowest BCUT2D eigenvalue weighted by atomic mass is 9.99. The van der Waals surface area contributed by atoms with Crippen LogP contribution in [0.4, 0.5) is 0 Å². The lowest BCUT2D eigenvalue weighted by Crippen LogP contribution is -2.41. The topological polar surface area (TPSA) is 61.5 Å². The summed E-state index contributed by atoms with van der Waals surface area (Å²) in [4.78, 5) is 11.8. The van der Waals surface area contributed by atoms with E-state index >= 15 is 0 Å². The molecule has 5 heteroatoms. The average molecular weight is 320 g/mol. The van der Waals surface area contributed by atoms with Crippen LogP contribution < -0.4 is 5.73 Å². The monoisotopic (exact) mass is 319 g/mol. The second-order valence-corrected chi connectivity index (χ2v) is 8.28. The quantitative estimate of drug-likeness (QED) is 0.529. The molecule has 0 aromatic rings. The minimum absolute atomic E-state index is 0.114. The van der Waals surface area contributed by atoms with Crippen LogP contribution in [0.3, 0.4) is 0 Å².